The molecule has 6 fully saturated rings. The summed E-state index contributed by atoms with van der Waals surface area (Å²) < 4.78 is 0. The normalized spacial score (nSPS) is 38.4. The summed E-state index contributed by atoms with van der Waals surface area (Å²) in [4.78, 5) is 112. The number of hydrogen-bond donors (Lipinski definition) is 22. The first-order valence-corrected chi connectivity index (χ1v) is 42.8. The summed E-state index contributed by atoms with van der Waals surface area (Å²) in [5.74, 6) is 4.43. The van der Waals surface area contributed by atoms with Crippen molar-refractivity contribution in [2.24, 2.45) is 152 Å². The number of amides is 6. The van der Waals surface area contributed by atoms with Crippen molar-refractivity contribution in [2.45, 2.75) is 232 Å². The van der Waals surface area contributed by atoms with Crippen molar-refractivity contribution < 1.29 is 59.4 Å². The number of nitrogens with one attached hydrogen (secondary N) is 12. The van der Waals surface area contributed by atoms with Gasteiger partial charge in [-0.2, -0.15) is 0 Å². The molecule has 0 aromatic heterocycles. The van der Waals surface area contributed by atoms with Crippen LogP contribution in [-0.2, 0) is 28.8 Å². The van der Waals surface area contributed by atoms with Gasteiger partial charge in [-0.15, -0.1) is 0 Å². The van der Waals surface area contributed by atoms with E-state index < -0.39 is 36.3 Å². The molecule has 122 heavy (non-hydrogen) atoms. The fraction of sp³-hybridized carbons (Fsp3) is 0.707. The maximum atomic E-state index is 12.5. The standard InChI is InChI=1S/C17H27N5O3.2C15H23N5O2.C12H17N5O3.C6H8N4O.C5H6N4O.3C4H10/c1-17(2,3)22-6-7(10-14(22)20-16(18)21-15(10)25)5-19-11-8-4-9(8)12(23)13(11)24;2*1-6-11(8-3-9(8)12(6)21)17-4-7-5-20(2)13-10(7)14(22)19-15(16)18-13;13-12-16-10-8(11(20)17-12)5(4-15-10)3-14-6-1-2-7(18)9(6)19;1-10-3-9-5-4(6(10)11)7-2-8-5;10-5-3-4(7-1-6-3)8-2-9-5;3*1-4(2)3/h6,8-14,19,23-24H,4-5H2,1-3H3,(H3,18,20,21,25);2*5-6,8-13,17,21H,3-4H2,1-2H3,(H3,16,18,19,22);1-2,4,6-10,14-15,18-19H,3H2,(H3,13,16,17,20);2-5H,1H3,(H,7,8);1-4H,(H,6,7)(H,8,9,10);3*4H,1-3H3. The van der Waals surface area contributed by atoms with Gasteiger partial charge in [0.1, 0.15) is 60.5 Å². The zero-order chi connectivity index (χ0) is 89.1. The third-order valence-electron chi connectivity index (χ3n) is 24.4. The predicted octanol–water partition coefficient (Wildman–Crippen LogP) is -4.30. The van der Waals surface area contributed by atoms with Gasteiger partial charge in [-0.25, -0.2) is 34.9 Å². The van der Waals surface area contributed by atoms with Gasteiger partial charge in [0.05, 0.1) is 61.9 Å². The molecule has 0 bridgehead atoms. The molecule has 40 nitrogen and oxygen atoms in total. The lowest BCUT2D eigenvalue weighted by Crippen LogP contribution is -2.54. The number of nitrogens with two attached hydrogens (primary N) is 4. The molecule has 6 saturated carbocycles. The molecule has 30 unspecified atom stereocenters. The largest absolute Gasteiger partial charge is 0.392 e. The predicted molar refractivity (Wildman–Crippen MR) is 464 cm³/mol. The number of likely N-dealkylation sites (N-methyl/N-ethyl adjacent to an activating group) is 1. The minimum atomic E-state index is -0.866. The number of fused-ring (bicyclic) bond motifs is 9. The second-order valence-electron chi connectivity index (χ2n) is 37.7. The Morgan fingerprint density at radius 1 is 0.459 bits per heavy atom. The maximum Gasteiger partial charge on any atom is 0.256 e. The Balaban J connectivity index is 0.000000142. The lowest BCUT2D eigenvalue weighted by molar-refractivity contribution is -0.128. The van der Waals surface area contributed by atoms with E-state index in [0.29, 0.717) is 67.9 Å². The van der Waals surface area contributed by atoms with Crippen LogP contribution in [0.2, 0.25) is 0 Å². The van der Waals surface area contributed by atoms with E-state index in [1.54, 1.807) is 25.4 Å². The first-order valence-electron chi connectivity index (χ1n) is 42.8. The molecule has 0 saturated heterocycles. The quantitative estimate of drug-likeness (QED) is 0.0822. The SMILES string of the molecule is CC(C)(C)N1C=C(CNC2C(O)C(O)C3CC32)C2C(=O)NC(N)=NC21.CC(C)C.CC(C)C.CC(C)C.CC1C(O)C2CC2C1NCC1=CN(C)C2N=C(N)NC(=O)C12.CC1C(O)C2CC2C1NCC1=CN(C)C2N=C(N)NC(=O)C12.CN1C=NC2NC=NC2C1=O.NC1=NC2NC=C(CNC3C=CC(O)C3O)C2C(=O)N1.O=C1NC=NC2N=CNC12. The number of aliphatic hydroxyl groups is 6. The molecule has 19 rings (SSSR count). The highest BCUT2D eigenvalue weighted by molar-refractivity contribution is 6.03. The van der Waals surface area contributed by atoms with Crippen molar-refractivity contribution in [1.82, 2.24) is 83.4 Å². The van der Waals surface area contributed by atoms with Crippen molar-refractivity contribution >= 4 is 84.6 Å². The van der Waals surface area contributed by atoms with E-state index in [1.165, 1.54) is 30.3 Å². The van der Waals surface area contributed by atoms with Crippen LogP contribution < -0.4 is 86.7 Å². The van der Waals surface area contributed by atoms with Crippen LogP contribution in [0.3, 0.4) is 0 Å². The Kier molecular flexibility index (Phi) is 29.9. The van der Waals surface area contributed by atoms with Crippen LogP contribution in [0.25, 0.3) is 0 Å². The molecule has 40 heteroatoms. The Morgan fingerprint density at radius 2 is 0.885 bits per heavy atom. The van der Waals surface area contributed by atoms with Crippen molar-refractivity contribution in [1.29, 1.82) is 0 Å². The zero-order valence-corrected chi connectivity index (χ0v) is 73.1. The number of aliphatic hydroxyl groups excluding tert-OH is 6. The van der Waals surface area contributed by atoms with E-state index in [0.717, 1.165) is 59.3 Å². The van der Waals surface area contributed by atoms with Gasteiger partial charge < -0.3 is 116 Å². The number of aliphatic imine (C=N–C) groups is 8. The molecule has 0 radical (unpaired) electrons. The molecule has 0 aromatic rings. The molecule has 7 aliphatic carbocycles. The van der Waals surface area contributed by atoms with Crippen molar-refractivity contribution in [2.75, 3.05) is 47.3 Å². The molecule has 12 heterocycles. The molecule has 19 aliphatic rings. The smallest absolute Gasteiger partial charge is 0.256 e. The summed E-state index contributed by atoms with van der Waals surface area (Å²) in [6, 6.07) is -0.403. The van der Waals surface area contributed by atoms with Crippen molar-refractivity contribution in [3.8, 4) is 0 Å². The second kappa shape index (κ2) is 39.1. The topological polar surface area (TPSA) is 584 Å². The zero-order valence-electron chi connectivity index (χ0n) is 73.1. The van der Waals surface area contributed by atoms with Gasteiger partial charge in [0, 0.05) is 89.6 Å². The molecule has 30 atom stereocenters. The van der Waals surface area contributed by atoms with Gasteiger partial charge >= 0.3 is 0 Å². The van der Waals surface area contributed by atoms with Gasteiger partial charge in [0.15, 0.2) is 42.2 Å². The average Bonchev–Trinajstić information content (AvgIpc) is 1.61. The van der Waals surface area contributed by atoms with Gasteiger partial charge in [-0.05, 0) is 134 Å². The summed E-state index contributed by atoms with van der Waals surface area (Å²) in [7, 11) is 5.51. The lowest BCUT2D eigenvalue weighted by Gasteiger charge is -2.38. The monoisotopic (exact) mass is 1700 g/mol. The number of nitrogens with zero attached hydrogens (tertiary/aromatic N) is 12. The number of carbonyl (C=O) groups is 6. The van der Waals surface area contributed by atoms with Crippen molar-refractivity contribution in [3.05, 3.63) is 59.2 Å². The fourth-order valence-corrected chi connectivity index (χ4v) is 18.2. The van der Waals surface area contributed by atoms with Crippen molar-refractivity contribution in [3.63, 3.8) is 0 Å². The van der Waals surface area contributed by atoms with Crippen LogP contribution >= 0.6 is 0 Å². The highest BCUT2D eigenvalue weighted by atomic mass is 16.3. The third kappa shape index (κ3) is 21.6. The second-order valence-corrected chi connectivity index (χ2v) is 37.7. The van der Waals surface area contributed by atoms with E-state index in [1.807, 2.05) is 42.5 Å². The molecule has 0 aromatic carbocycles. The molecule has 674 valence electrons. The first kappa shape index (κ1) is 93.2. The van der Waals surface area contributed by atoms with E-state index in [-0.39, 0.29) is 168 Å². The van der Waals surface area contributed by atoms with E-state index in [4.69, 9.17) is 22.9 Å². The summed E-state index contributed by atoms with van der Waals surface area (Å²) in [6.45, 7) is 32.1. The van der Waals surface area contributed by atoms with Crippen LogP contribution in [-0.4, -0.2) is 298 Å². The van der Waals surface area contributed by atoms with Gasteiger partial charge in [-0.3, -0.25) is 55.0 Å². The Labute approximate surface area is 714 Å². The molecule has 26 N–H and O–H groups in total. The fourth-order valence-electron chi connectivity index (χ4n) is 18.2. The van der Waals surface area contributed by atoms with Crippen LogP contribution in [0.5, 0.6) is 0 Å². The number of guanidine groups is 4. The first-order chi connectivity index (χ1) is 57.5. The lowest BCUT2D eigenvalue weighted by atomic mass is 9.95. The van der Waals surface area contributed by atoms with Crippen LogP contribution in [0.1, 0.15) is 116 Å². The average molecular weight is 1700 g/mol. The van der Waals surface area contributed by atoms with Gasteiger partial charge in [0.25, 0.3) is 11.8 Å². The van der Waals surface area contributed by atoms with E-state index >= 15 is 0 Å². The number of carbonyl (C=O) groups excluding carboxylic acids is 6. The van der Waals surface area contributed by atoms with Gasteiger partial charge in [-0.1, -0.05) is 88.3 Å². The molecule has 12 aliphatic heterocycles. The van der Waals surface area contributed by atoms with Crippen LogP contribution in [0.15, 0.2) is 99.2 Å². The maximum absolute atomic E-state index is 12.5. The molecule has 0 spiro atoms. The van der Waals surface area contributed by atoms with E-state index in [9.17, 15) is 59.4 Å². The summed E-state index contributed by atoms with van der Waals surface area (Å²) in [6.07, 6.45) is 15.1. The summed E-state index contributed by atoms with van der Waals surface area (Å²) >= 11 is 0. The molecular weight excluding hydrogens is 1570 g/mol. The Hall–Kier alpha value is -9.52. The molecular formula is C82H134N28O12. The summed E-state index contributed by atoms with van der Waals surface area (Å²) in [5, 5.41) is 94.6. The summed E-state index contributed by atoms with van der Waals surface area (Å²) in [5.41, 5.74) is 26.2. The number of hydrogen-bond acceptors (Lipinski definition) is 34. The minimum Gasteiger partial charge on any atom is -0.392 e. The Morgan fingerprint density at radius 3 is 1.34 bits per heavy atom. The highest BCUT2D eigenvalue weighted by Gasteiger charge is 2.61. The van der Waals surface area contributed by atoms with E-state index in [2.05, 4.69) is 206 Å². The third-order valence-corrected chi connectivity index (χ3v) is 24.4. The van der Waals surface area contributed by atoms with Gasteiger partial charge in [0.2, 0.25) is 23.6 Å². The highest BCUT2D eigenvalue weighted by Crippen LogP contribution is 2.56. The molecule has 6 amide bonds. The number of rotatable bonds is 12. The van der Waals surface area contributed by atoms with Crippen LogP contribution in [0.4, 0.5) is 0 Å². The minimum absolute atomic E-state index is 0.00810. The Bertz CT molecular complexity index is 4110. The van der Waals surface area contributed by atoms with Crippen LogP contribution in [0, 0.1) is 88.8 Å².